The lowest BCUT2D eigenvalue weighted by Gasteiger charge is -2.06. The molecule has 1 atom stereocenters. The van der Waals surface area contributed by atoms with E-state index in [4.69, 9.17) is 5.73 Å². The maximum Gasteiger partial charge on any atom is 0.242 e. The standard InChI is InChI=1S/C12H17N3O3S2/c1-2-19(16)7-6-15-20(17,18)12-8-11(4-3-5-13)9-14-10-12/h8-10,15H,2,5-7,13H2,1H3. The van der Waals surface area contributed by atoms with Crippen molar-refractivity contribution in [2.45, 2.75) is 11.8 Å². The molecule has 1 heterocycles. The molecule has 0 bridgehead atoms. The molecular formula is C12H17N3O3S2. The minimum absolute atomic E-state index is 0.0311. The molecule has 0 aliphatic heterocycles. The second-order valence-corrected chi connectivity index (χ2v) is 7.38. The zero-order valence-corrected chi connectivity index (χ0v) is 12.8. The van der Waals surface area contributed by atoms with E-state index in [0.717, 1.165) is 0 Å². The normalized spacial score (nSPS) is 12.5. The third-order valence-corrected chi connectivity index (χ3v) is 5.03. The van der Waals surface area contributed by atoms with Gasteiger partial charge in [-0.15, -0.1) is 0 Å². The van der Waals surface area contributed by atoms with Gasteiger partial charge in [0.1, 0.15) is 4.90 Å². The Balaban J connectivity index is 2.79. The van der Waals surface area contributed by atoms with Gasteiger partial charge < -0.3 is 5.73 Å². The van der Waals surface area contributed by atoms with E-state index >= 15 is 0 Å². The minimum atomic E-state index is -3.66. The van der Waals surface area contributed by atoms with Gasteiger partial charge in [0, 0.05) is 46.8 Å². The predicted molar refractivity (Wildman–Crippen MR) is 78.9 cm³/mol. The Morgan fingerprint density at radius 1 is 1.45 bits per heavy atom. The number of hydrogen-bond acceptors (Lipinski definition) is 5. The second-order valence-electron chi connectivity index (χ2n) is 3.75. The lowest BCUT2D eigenvalue weighted by molar-refractivity contribution is 0.583. The molecule has 0 amide bonds. The van der Waals surface area contributed by atoms with Crippen molar-refractivity contribution in [3.63, 3.8) is 0 Å². The summed E-state index contributed by atoms with van der Waals surface area (Å²) in [5.41, 5.74) is 5.74. The fraction of sp³-hybridized carbons (Fsp3) is 0.417. The molecular weight excluding hydrogens is 298 g/mol. The molecule has 0 radical (unpaired) electrons. The topological polar surface area (TPSA) is 102 Å². The average Bonchev–Trinajstić information content (AvgIpc) is 2.45. The molecule has 20 heavy (non-hydrogen) atoms. The van der Waals surface area contributed by atoms with E-state index in [-0.39, 0.29) is 23.7 Å². The number of nitrogens with zero attached hydrogens (tertiary/aromatic N) is 1. The Labute approximate surface area is 121 Å². The summed E-state index contributed by atoms with van der Waals surface area (Å²) in [4.78, 5) is 3.87. The molecule has 0 aliphatic rings. The number of aromatic nitrogens is 1. The number of nitrogens with two attached hydrogens (primary N) is 1. The van der Waals surface area contributed by atoms with Crippen molar-refractivity contribution < 1.29 is 12.6 Å². The highest BCUT2D eigenvalue weighted by molar-refractivity contribution is 7.89. The molecule has 0 fully saturated rings. The van der Waals surface area contributed by atoms with Crippen molar-refractivity contribution in [1.82, 2.24) is 9.71 Å². The van der Waals surface area contributed by atoms with Crippen LogP contribution in [-0.4, -0.2) is 42.2 Å². The molecule has 0 spiro atoms. The molecule has 1 aromatic rings. The molecule has 1 rings (SSSR count). The minimum Gasteiger partial charge on any atom is -0.320 e. The number of rotatable bonds is 6. The zero-order valence-electron chi connectivity index (χ0n) is 11.1. The van der Waals surface area contributed by atoms with Crippen LogP contribution >= 0.6 is 0 Å². The van der Waals surface area contributed by atoms with Gasteiger partial charge in [-0.25, -0.2) is 13.1 Å². The van der Waals surface area contributed by atoms with Crippen LogP contribution in [0.3, 0.4) is 0 Å². The number of nitrogens with one attached hydrogen (secondary N) is 1. The molecule has 6 nitrogen and oxygen atoms in total. The Morgan fingerprint density at radius 2 is 2.20 bits per heavy atom. The van der Waals surface area contributed by atoms with Crippen molar-refractivity contribution >= 4 is 20.8 Å². The van der Waals surface area contributed by atoms with E-state index in [9.17, 15) is 12.6 Å². The highest BCUT2D eigenvalue weighted by Crippen LogP contribution is 2.08. The van der Waals surface area contributed by atoms with Gasteiger partial charge in [-0.05, 0) is 6.07 Å². The maximum atomic E-state index is 12.0. The van der Waals surface area contributed by atoms with E-state index in [1.807, 2.05) is 0 Å². The molecule has 0 aromatic carbocycles. The van der Waals surface area contributed by atoms with Crippen LogP contribution in [0.25, 0.3) is 0 Å². The fourth-order valence-corrected chi connectivity index (χ4v) is 3.07. The average molecular weight is 315 g/mol. The van der Waals surface area contributed by atoms with E-state index < -0.39 is 20.8 Å². The molecule has 3 N–H and O–H groups in total. The molecule has 8 heteroatoms. The largest absolute Gasteiger partial charge is 0.320 e. The van der Waals surface area contributed by atoms with Gasteiger partial charge in [-0.1, -0.05) is 18.8 Å². The maximum absolute atomic E-state index is 12.0. The van der Waals surface area contributed by atoms with Gasteiger partial charge in [-0.3, -0.25) is 9.19 Å². The summed E-state index contributed by atoms with van der Waals surface area (Å²) >= 11 is 0. The Kier molecular flexibility index (Phi) is 6.81. The lowest BCUT2D eigenvalue weighted by Crippen LogP contribution is -2.28. The van der Waals surface area contributed by atoms with E-state index in [1.54, 1.807) is 6.92 Å². The smallest absolute Gasteiger partial charge is 0.242 e. The summed E-state index contributed by atoms with van der Waals surface area (Å²) in [7, 11) is -4.66. The van der Waals surface area contributed by atoms with Crippen LogP contribution in [0, 0.1) is 11.8 Å². The van der Waals surface area contributed by atoms with Crippen LogP contribution in [0.5, 0.6) is 0 Å². The highest BCUT2D eigenvalue weighted by atomic mass is 32.2. The van der Waals surface area contributed by atoms with Crippen molar-refractivity contribution in [2.24, 2.45) is 5.73 Å². The van der Waals surface area contributed by atoms with Crippen molar-refractivity contribution in [2.75, 3.05) is 24.6 Å². The van der Waals surface area contributed by atoms with Crippen LogP contribution in [0.2, 0.25) is 0 Å². The van der Waals surface area contributed by atoms with E-state index in [2.05, 4.69) is 21.5 Å². The summed E-state index contributed by atoms with van der Waals surface area (Å²) in [6, 6.07) is 1.43. The summed E-state index contributed by atoms with van der Waals surface area (Å²) in [6.45, 7) is 2.10. The van der Waals surface area contributed by atoms with E-state index in [1.165, 1.54) is 18.5 Å². The fourth-order valence-electron chi connectivity index (χ4n) is 1.30. The van der Waals surface area contributed by atoms with Crippen molar-refractivity contribution in [3.8, 4) is 11.8 Å². The summed E-state index contributed by atoms with van der Waals surface area (Å²) in [5, 5.41) is 0. The predicted octanol–water partition coefficient (Wildman–Crippen LogP) is -0.561. The third kappa shape index (κ3) is 5.38. The van der Waals surface area contributed by atoms with Gasteiger partial charge in [0.2, 0.25) is 10.0 Å². The first kappa shape index (κ1) is 16.8. The second kappa shape index (κ2) is 8.11. The Bertz CT molecular complexity index is 633. The monoisotopic (exact) mass is 315 g/mol. The molecule has 0 aliphatic carbocycles. The first-order valence-corrected chi connectivity index (χ1v) is 8.95. The molecule has 1 unspecified atom stereocenters. The summed E-state index contributed by atoms with van der Waals surface area (Å²) in [5.74, 6) is 6.15. The molecule has 0 saturated heterocycles. The van der Waals surface area contributed by atoms with Gasteiger partial charge in [0.25, 0.3) is 0 Å². The number of pyridine rings is 1. The number of hydrogen-bond donors (Lipinski definition) is 2. The molecule has 1 aromatic heterocycles. The van der Waals surface area contributed by atoms with Crippen molar-refractivity contribution in [3.05, 3.63) is 24.0 Å². The van der Waals surface area contributed by atoms with E-state index in [0.29, 0.717) is 11.3 Å². The van der Waals surface area contributed by atoms with Crippen molar-refractivity contribution in [1.29, 1.82) is 0 Å². The van der Waals surface area contributed by atoms with Gasteiger partial charge in [0.15, 0.2) is 0 Å². The first-order valence-electron chi connectivity index (χ1n) is 5.98. The van der Waals surface area contributed by atoms with Crippen LogP contribution in [0.15, 0.2) is 23.4 Å². The lowest BCUT2D eigenvalue weighted by atomic mass is 10.3. The Morgan fingerprint density at radius 3 is 2.85 bits per heavy atom. The summed E-state index contributed by atoms with van der Waals surface area (Å²) < 4.78 is 37.6. The molecule has 0 saturated carbocycles. The first-order chi connectivity index (χ1) is 9.49. The highest BCUT2D eigenvalue weighted by Gasteiger charge is 2.14. The van der Waals surface area contributed by atoms with Crippen LogP contribution in [0.1, 0.15) is 12.5 Å². The summed E-state index contributed by atoms with van der Waals surface area (Å²) in [6.07, 6.45) is 2.71. The third-order valence-electron chi connectivity index (χ3n) is 2.30. The van der Waals surface area contributed by atoms with Gasteiger partial charge in [-0.2, -0.15) is 0 Å². The number of sulfonamides is 1. The molecule has 110 valence electrons. The Hall–Kier alpha value is -1.27. The van der Waals surface area contributed by atoms with Crippen LogP contribution in [0.4, 0.5) is 0 Å². The quantitative estimate of drug-likeness (QED) is 0.685. The van der Waals surface area contributed by atoms with Gasteiger partial charge >= 0.3 is 0 Å². The van der Waals surface area contributed by atoms with Crippen LogP contribution < -0.4 is 10.5 Å². The zero-order chi connectivity index (χ0) is 15.0. The van der Waals surface area contributed by atoms with Gasteiger partial charge in [0.05, 0.1) is 6.54 Å². The SMILES string of the molecule is CCS(=O)CCNS(=O)(=O)c1cncc(C#CCN)c1. The van der Waals surface area contributed by atoms with Crippen LogP contribution in [-0.2, 0) is 20.8 Å².